The highest BCUT2D eigenvalue weighted by atomic mass is 19.4. The van der Waals surface area contributed by atoms with Crippen LogP contribution in [0.4, 0.5) is 13.2 Å². The van der Waals surface area contributed by atoms with Crippen LogP contribution in [-0.4, -0.2) is 6.18 Å². The second-order valence-electron chi connectivity index (χ2n) is 2.52. The average Bonchev–Trinajstić information content (AvgIpc) is 2.04. The van der Waals surface area contributed by atoms with E-state index in [-0.39, 0.29) is 0 Å². The average molecular weight is 190 g/mol. The summed E-state index contributed by atoms with van der Waals surface area (Å²) in [6.45, 7) is 6.66. The summed E-state index contributed by atoms with van der Waals surface area (Å²) in [6.07, 6.45) is -0.101. The summed E-state index contributed by atoms with van der Waals surface area (Å²) >= 11 is 0. The summed E-state index contributed by atoms with van der Waals surface area (Å²) in [5.74, 6) is 0. The third-order valence-electron chi connectivity index (χ3n) is 1.67. The minimum Gasteiger partial charge on any atom is -0.166 e. The predicted molar refractivity (Wildman–Crippen MR) is 48.4 cm³/mol. The fourth-order valence-electron chi connectivity index (χ4n) is 0.846. The Labute approximate surface area is 76.5 Å². The zero-order valence-electron chi connectivity index (χ0n) is 7.78. The van der Waals surface area contributed by atoms with Gasteiger partial charge in [-0.3, -0.25) is 0 Å². The Hall–Kier alpha value is -0.990. The van der Waals surface area contributed by atoms with Crippen molar-refractivity contribution in [2.45, 2.75) is 26.4 Å². The van der Waals surface area contributed by atoms with Crippen LogP contribution >= 0.6 is 0 Å². The molecule has 0 bridgehead atoms. The molecule has 0 aliphatic rings. The summed E-state index contributed by atoms with van der Waals surface area (Å²) in [4.78, 5) is 0. The van der Waals surface area contributed by atoms with Crippen LogP contribution in [0.25, 0.3) is 0 Å². The summed E-state index contributed by atoms with van der Waals surface area (Å²) < 4.78 is 36.6. The zero-order valence-corrected chi connectivity index (χ0v) is 7.78. The number of allylic oxidation sites excluding steroid dienone is 5. The lowest BCUT2D eigenvalue weighted by atomic mass is 10.1. The number of rotatable bonds is 3. The zero-order chi connectivity index (χ0) is 10.5. The van der Waals surface area contributed by atoms with E-state index in [2.05, 4.69) is 6.58 Å². The summed E-state index contributed by atoms with van der Waals surface area (Å²) in [7, 11) is 0. The van der Waals surface area contributed by atoms with Gasteiger partial charge in [0, 0.05) is 0 Å². The molecule has 0 nitrogen and oxygen atoms in total. The highest BCUT2D eigenvalue weighted by molar-refractivity contribution is 5.31. The lowest BCUT2D eigenvalue weighted by Gasteiger charge is -2.07. The van der Waals surface area contributed by atoms with Gasteiger partial charge in [0.1, 0.15) is 0 Å². The first-order valence-electron chi connectivity index (χ1n) is 4.02. The van der Waals surface area contributed by atoms with Gasteiger partial charge >= 0.3 is 6.18 Å². The number of hydrogen-bond donors (Lipinski definition) is 0. The van der Waals surface area contributed by atoms with E-state index >= 15 is 0 Å². The molecule has 3 heteroatoms. The Morgan fingerprint density at radius 3 is 2.15 bits per heavy atom. The molecular weight excluding hydrogens is 177 g/mol. The van der Waals surface area contributed by atoms with Crippen LogP contribution in [0.3, 0.4) is 0 Å². The fraction of sp³-hybridized carbons (Fsp3) is 0.400. The first-order chi connectivity index (χ1) is 5.95. The summed E-state index contributed by atoms with van der Waals surface area (Å²) in [5.41, 5.74) is -0.0327. The number of hydrogen-bond acceptors (Lipinski definition) is 0. The van der Waals surface area contributed by atoms with E-state index in [1.807, 2.05) is 6.92 Å². The van der Waals surface area contributed by atoms with Crippen molar-refractivity contribution in [1.82, 2.24) is 0 Å². The SMILES string of the molecule is C=C/C(=C\C(=C/C)CC)C(F)(F)F. The largest absolute Gasteiger partial charge is 0.416 e. The molecule has 0 N–H and O–H groups in total. The molecule has 0 rings (SSSR count). The molecule has 0 spiro atoms. The smallest absolute Gasteiger partial charge is 0.166 e. The van der Waals surface area contributed by atoms with Gasteiger partial charge in [-0.2, -0.15) is 13.2 Å². The summed E-state index contributed by atoms with van der Waals surface area (Å²) in [6, 6.07) is 0. The van der Waals surface area contributed by atoms with Crippen LogP contribution in [0.15, 0.2) is 36.0 Å². The molecule has 0 aliphatic heterocycles. The molecule has 74 valence electrons. The normalized spacial score (nSPS) is 14.5. The maximum Gasteiger partial charge on any atom is 0.416 e. The van der Waals surface area contributed by atoms with Crippen LogP contribution in [0.2, 0.25) is 0 Å². The Bertz CT molecular complexity index is 231. The molecule has 13 heavy (non-hydrogen) atoms. The minimum absolute atomic E-state index is 0.587. The molecule has 0 aromatic rings. The van der Waals surface area contributed by atoms with Gasteiger partial charge in [0.25, 0.3) is 0 Å². The molecule has 0 fully saturated rings. The molecule has 0 saturated heterocycles. The van der Waals surface area contributed by atoms with E-state index in [0.29, 0.717) is 12.0 Å². The second kappa shape index (κ2) is 4.90. The lowest BCUT2D eigenvalue weighted by Crippen LogP contribution is -2.09. The van der Waals surface area contributed by atoms with Crippen molar-refractivity contribution < 1.29 is 13.2 Å². The molecule has 0 aromatic heterocycles. The van der Waals surface area contributed by atoms with Crippen molar-refractivity contribution in [2.75, 3.05) is 0 Å². The van der Waals surface area contributed by atoms with Crippen LogP contribution in [0, 0.1) is 0 Å². The molecular formula is C10H13F3. The van der Waals surface area contributed by atoms with Gasteiger partial charge in [-0.15, -0.1) is 0 Å². The lowest BCUT2D eigenvalue weighted by molar-refractivity contribution is -0.0882. The number of alkyl halides is 3. The molecule has 0 amide bonds. The quantitative estimate of drug-likeness (QED) is 0.589. The standard InChI is InChI=1S/C10H13F3/c1-4-8(5-2)7-9(6-3)10(11,12)13/h4,6-7H,3,5H2,1-2H3/b8-4-,9-7+. The van der Waals surface area contributed by atoms with Crippen molar-refractivity contribution in [3.8, 4) is 0 Å². The first-order valence-corrected chi connectivity index (χ1v) is 4.02. The van der Waals surface area contributed by atoms with E-state index in [0.717, 1.165) is 12.2 Å². The Balaban J connectivity index is 4.87. The molecule has 0 radical (unpaired) electrons. The van der Waals surface area contributed by atoms with Crippen molar-refractivity contribution in [2.24, 2.45) is 0 Å². The second-order valence-corrected chi connectivity index (χ2v) is 2.52. The van der Waals surface area contributed by atoms with E-state index in [9.17, 15) is 13.2 Å². The van der Waals surface area contributed by atoms with E-state index in [4.69, 9.17) is 0 Å². The molecule has 0 atom stereocenters. The van der Waals surface area contributed by atoms with E-state index in [1.165, 1.54) is 0 Å². The highest BCUT2D eigenvalue weighted by Crippen LogP contribution is 2.27. The maximum atomic E-state index is 12.2. The van der Waals surface area contributed by atoms with Crippen LogP contribution in [0.1, 0.15) is 20.3 Å². The van der Waals surface area contributed by atoms with E-state index in [1.54, 1.807) is 13.0 Å². The predicted octanol–water partition coefficient (Wildman–Crippen LogP) is 4.02. The van der Waals surface area contributed by atoms with Crippen LogP contribution in [-0.2, 0) is 0 Å². The number of halogens is 3. The van der Waals surface area contributed by atoms with Crippen LogP contribution in [0.5, 0.6) is 0 Å². The van der Waals surface area contributed by atoms with Crippen molar-refractivity contribution in [3.63, 3.8) is 0 Å². The minimum atomic E-state index is -4.30. The van der Waals surface area contributed by atoms with Gasteiger partial charge in [0.15, 0.2) is 0 Å². The van der Waals surface area contributed by atoms with Crippen molar-refractivity contribution in [3.05, 3.63) is 36.0 Å². The molecule has 0 unspecified atom stereocenters. The maximum absolute atomic E-state index is 12.2. The van der Waals surface area contributed by atoms with Crippen LogP contribution < -0.4 is 0 Å². The monoisotopic (exact) mass is 190 g/mol. The van der Waals surface area contributed by atoms with Gasteiger partial charge in [-0.25, -0.2) is 0 Å². The Morgan fingerprint density at radius 1 is 1.38 bits per heavy atom. The topological polar surface area (TPSA) is 0 Å². The molecule has 0 aliphatic carbocycles. The van der Waals surface area contributed by atoms with Gasteiger partial charge in [0.2, 0.25) is 0 Å². The van der Waals surface area contributed by atoms with Crippen molar-refractivity contribution in [1.29, 1.82) is 0 Å². The van der Waals surface area contributed by atoms with Gasteiger partial charge in [-0.1, -0.05) is 31.2 Å². The third-order valence-corrected chi connectivity index (χ3v) is 1.67. The van der Waals surface area contributed by atoms with E-state index < -0.39 is 11.7 Å². The first kappa shape index (κ1) is 12.0. The van der Waals surface area contributed by atoms with Gasteiger partial charge in [0.05, 0.1) is 5.57 Å². The van der Waals surface area contributed by atoms with Crippen molar-refractivity contribution >= 4 is 0 Å². The third kappa shape index (κ3) is 3.97. The molecule has 0 heterocycles. The molecule has 0 saturated carbocycles. The Kier molecular flexibility index (Phi) is 4.52. The molecule has 0 aromatic carbocycles. The van der Waals surface area contributed by atoms with Gasteiger partial charge in [-0.05, 0) is 19.4 Å². The Morgan fingerprint density at radius 2 is 1.92 bits per heavy atom. The fourth-order valence-corrected chi connectivity index (χ4v) is 0.846. The van der Waals surface area contributed by atoms with Gasteiger partial charge < -0.3 is 0 Å². The highest BCUT2D eigenvalue weighted by Gasteiger charge is 2.31. The summed E-state index contributed by atoms with van der Waals surface area (Å²) in [5, 5.41) is 0.